The van der Waals surface area contributed by atoms with Gasteiger partial charge in [0.25, 0.3) is 0 Å². The van der Waals surface area contributed by atoms with Crippen molar-refractivity contribution in [2.24, 2.45) is 4.99 Å². The van der Waals surface area contributed by atoms with Gasteiger partial charge in [0.05, 0.1) is 13.1 Å². The highest BCUT2D eigenvalue weighted by Crippen LogP contribution is 2.14. The number of guanidine groups is 1. The molecule has 0 saturated carbocycles. The number of benzene rings is 1. The van der Waals surface area contributed by atoms with Crippen molar-refractivity contribution in [2.45, 2.75) is 26.5 Å². The lowest BCUT2D eigenvalue weighted by molar-refractivity contribution is 0.223. The summed E-state index contributed by atoms with van der Waals surface area (Å²) in [6.07, 6.45) is -0.0667. The third-order valence-corrected chi connectivity index (χ3v) is 4.16. The molecule has 1 aromatic heterocycles. The zero-order chi connectivity index (χ0) is 16.7. The van der Waals surface area contributed by atoms with Gasteiger partial charge in [-0.2, -0.15) is 0 Å². The predicted molar refractivity (Wildman–Crippen MR) is 93.7 cm³/mol. The molecular weight excluding hydrogens is 313 g/mol. The number of thiophene rings is 1. The smallest absolute Gasteiger partial charge is 0.191 e. The van der Waals surface area contributed by atoms with Gasteiger partial charge in [0.15, 0.2) is 5.96 Å². The molecule has 6 heteroatoms. The first-order valence-corrected chi connectivity index (χ1v) is 8.30. The number of aliphatic imine (C=N–C) groups is 1. The maximum absolute atomic E-state index is 12.9. The lowest BCUT2D eigenvalue weighted by Crippen LogP contribution is -2.41. The summed E-state index contributed by atoms with van der Waals surface area (Å²) >= 11 is 1.77. The highest BCUT2D eigenvalue weighted by Gasteiger charge is 2.06. The van der Waals surface area contributed by atoms with Gasteiger partial charge in [0.2, 0.25) is 0 Å². The highest BCUT2D eigenvalue weighted by atomic mass is 32.1. The van der Waals surface area contributed by atoms with Crippen LogP contribution >= 0.6 is 11.3 Å². The number of ether oxygens (including phenoxy) is 1. The Labute approximate surface area is 140 Å². The van der Waals surface area contributed by atoms with Crippen molar-refractivity contribution in [3.8, 4) is 5.75 Å². The van der Waals surface area contributed by atoms with Gasteiger partial charge in [-0.1, -0.05) is 0 Å². The number of halogens is 1. The Morgan fingerprint density at radius 1 is 1.22 bits per heavy atom. The second-order valence-electron chi connectivity index (χ2n) is 5.20. The van der Waals surface area contributed by atoms with E-state index in [1.165, 1.54) is 21.9 Å². The van der Waals surface area contributed by atoms with E-state index >= 15 is 0 Å². The van der Waals surface area contributed by atoms with E-state index in [0.29, 0.717) is 12.3 Å². The molecular formula is C17H22FN3OS. The maximum atomic E-state index is 12.9. The van der Waals surface area contributed by atoms with Crippen LogP contribution in [0.1, 0.15) is 16.7 Å². The number of hydrogen-bond acceptors (Lipinski definition) is 3. The van der Waals surface area contributed by atoms with Gasteiger partial charge in [0.1, 0.15) is 17.7 Å². The van der Waals surface area contributed by atoms with Crippen LogP contribution in [0.3, 0.4) is 0 Å². The van der Waals surface area contributed by atoms with E-state index in [4.69, 9.17) is 4.74 Å². The Hall–Kier alpha value is -2.08. The monoisotopic (exact) mass is 335 g/mol. The molecule has 0 radical (unpaired) electrons. The lowest BCUT2D eigenvalue weighted by atomic mass is 10.3. The van der Waals surface area contributed by atoms with Crippen molar-refractivity contribution in [2.75, 3.05) is 13.6 Å². The third-order valence-electron chi connectivity index (χ3n) is 3.16. The topological polar surface area (TPSA) is 45.7 Å². The van der Waals surface area contributed by atoms with Gasteiger partial charge in [-0.15, -0.1) is 11.3 Å². The van der Waals surface area contributed by atoms with E-state index in [9.17, 15) is 4.39 Å². The first kappa shape index (κ1) is 17.3. The summed E-state index contributed by atoms with van der Waals surface area (Å²) in [6, 6.07) is 10.2. The highest BCUT2D eigenvalue weighted by molar-refractivity contribution is 7.11. The summed E-state index contributed by atoms with van der Waals surface area (Å²) in [5.41, 5.74) is 0. The Kier molecular flexibility index (Phi) is 6.40. The molecule has 1 unspecified atom stereocenters. The molecule has 2 N–H and O–H groups in total. The van der Waals surface area contributed by atoms with Gasteiger partial charge < -0.3 is 15.4 Å². The molecule has 0 aliphatic carbocycles. The Bertz CT molecular complexity index is 640. The maximum Gasteiger partial charge on any atom is 0.191 e. The molecule has 0 fully saturated rings. The van der Waals surface area contributed by atoms with Gasteiger partial charge in [-0.25, -0.2) is 4.39 Å². The number of rotatable bonds is 6. The second kappa shape index (κ2) is 8.53. The van der Waals surface area contributed by atoms with Crippen molar-refractivity contribution in [3.05, 3.63) is 52.0 Å². The zero-order valence-corrected chi connectivity index (χ0v) is 14.4. The first-order chi connectivity index (χ1) is 11.1. The van der Waals surface area contributed by atoms with Gasteiger partial charge in [-0.3, -0.25) is 4.99 Å². The summed E-state index contributed by atoms with van der Waals surface area (Å²) < 4.78 is 18.6. The van der Waals surface area contributed by atoms with E-state index < -0.39 is 0 Å². The van der Waals surface area contributed by atoms with Crippen LogP contribution < -0.4 is 15.4 Å². The molecule has 0 aliphatic heterocycles. The number of nitrogens with one attached hydrogen (secondary N) is 2. The van der Waals surface area contributed by atoms with E-state index in [2.05, 4.69) is 34.7 Å². The summed E-state index contributed by atoms with van der Waals surface area (Å²) in [6.45, 7) is 5.38. The molecule has 2 rings (SSSR count). The van der Waals surface area contributed by atoms with E-state index in [0.717, 1.165) is 12.5 Å². The molecule has 1 heterocycles. The fourth-order valence-corrected chi connectivity index (χ4v) is 2.83. The van der Waals surface area contributed by atoms with E-state index in [1.54, 1.807) is 30.5 Å². The second-order valence-corrected chi connectivity index (χ2v) is 6.57. The van der Waals surface area contributed by atoms with Crippen LogP contribution in [-0.4, -0.2) is 25.7 Å². The number of aryl methyl sites for hydroxylation is 1. The molecule has 0 aliphatic rings. The number of hydrogen-bond donors (Lipinski definition) is 2. The Morgan fingerprint density at radius 3 is 2.57 bits per heavy atom. The normalized spacial score (nSPS) is 12.8. The minimum Gasteiger partial charge on any atom is -0.489 e. The molecule has 0 bridgehead atoms. The van der Waals surface area contributed by atoms with Crippen molar-refractivity contribution in [3.63, 3.8) is 0 Å². The zero-order valence-electron chi connectivity index (χ0n) is 13.6. The van der Waals surface area contributed by atoms with Crippen molar-refractivity contribution in [1.29, 1.82) is 0 Å². The van der Waals surface area contributed by atoms with Crippen LogP contribution in [0.5, 0.6) is 5.75 Å². The predicted octanol–water partition coefficient (Wildman–Crippen LogP) is 3.33. The van der Waals surface area contributed by atoms with Crippen molar-refractivity contribution < 1.29 is 9.13 Å². The minimum absolute atomic E-state index is 0.0667. The quantitative estimate of drug-likeness (QED) is 0.629. The SMILES string of the molecule is CN=C(NCc1ccc(C)s1)NCC(C)Oc1ccc(F)cc1. The lowest BCUT2D eigenvalue weighted by Gasteiger charge is -2.17. The number of nitrogens with zero attached hydrogens (tertiary/aromatic N) is 1. The molecule has 1 atom stereocenters. The Morgan fingerprint density at radius 2 is 1.96 bits per heavy atom. The molecule has 1 aromatic carbocycles. The van der Waals surface area contributed by atoms with Crippen molar-refractivity contribution >= 4 is 17.3 Å². The largest absolute Gasteiger partial charge is 0.489 e. The third kappa shape index (κ3) is 5.90. The standard InChI is InChI=1S/C17H22FN3OS/c1-12(22-15-7-5-14(18)6-8-15)10-20-17(19-3)21-11-16-9-4-13(2)23-16/h4-9,12H,10-11H2,1-3H3,(H2,19,20,21). The summed E-state index contributed by atoms with van der Waals surface area (Å²) in [5, 5.41) is 6.49. The van der Waals surface area contributed by atoms with E-state index in [1.807, 2.05) is 6.92 Å². The molecule has 23 heavy (non-hydrogen) atoms. The molecule has 0 spiro atoms. The van der Waals surface area contributed by atoms with E-state index in [-0.39, 0.29) is 11.9 Å². The van der Waals surface area contributed by atoms with Crippen molar-refractivity contribution in [1.82, 2.24) is 10.6 Å². The van der Waals surface area contributed by atoms with Gasteiger partial charge in [-0.05, 0) is 50.2 Å². The molecule has 0 amide bonds. The fourth-order valence-electron chi connectivity index (χ4n) is 2.00. The van der Waals surface area contributed by atoms with Crippen LogP contribution in [0.15, 0.2) is 41.4 Å². The Balaban J connectivity index is 1.75. The molecule has 124 valence electrons. The molecule has 4 nitrogen and oxygen atoms in total. The fraction of sp³-hybridized carbons (Fsp3) is 0.353. The van der Waals surface area contributed by atoms with Gasteiger partial charge in [0, 0.05) is 16.8 Å². The van der Waals surface area contributed by atoms with Crippen LogP contribution in [-0.2, 0) is 6.54 Å². The summed E-state index contributed by atoms with van der Waals surface area (Å²) in [5.74, 6) is 1.11. The van der Waals surface area contributed by atoms with Crippen LogP contribution in [0.25, 0.3) is 0 Å². The summed E-state index contributed by atoms with van der Waals surface area (Å²) in [4.78, 5) is 6.76. The minimum atomic E-state index is -0.267. The average molecular weight is 335 g/mol. The molecule has 2 aromatic rings. The summed E-state index contributed by atoms with van der Waals surface area (Å²) in [7, 11) is 1.74. The average Bonchev–Trinajstić information content (AvgIpc) is 2.95. The van der Waals surface area contributed by atoms with Crippen LogP contribution in [0, 0.1) is 12.7 Å². The van der Waals surface area contributed by atoms with Gasteiger partial charge >= 0.3 is 0 Å². The van der Waals surface area contributed by atoms with Crippen LogP contribution in [0.2, 0.25) is 0 Å². The first-order valence-electron chi connectivity index (χ1n) is 7.49. The molecule has 0 saturated heterocycles. The van der Waals surface area contributed by atoms with Crippen LogP contribution in [0.4, 0.5) is 4.39 Å².